The molecule has 6 saturated heterocycles. The summed E-state index contributed by atoms with van der Waals surface area (Å²) in [4.78, 5) is 117. The molecular formula is C72H80N6O19. The van der Waals surface area contributed by atoms with E-state index in [-0.39, 0.29) is 106 Å². The molecule has 0 bridgehead atoms. The maximum Gasteiger partial charge on any atom is 0.416 e. The van der Waals surface area contributed by atoms with E-state index in [1.54, 1.807) is 93.8 Å². The van der Waals surface area contributed by atoms with Crippen molar-refractivity contribution < 1.29 is 90.9 Å². The summed E-state index contributed by atoms with van der Waals surface area (Å²) in [6, 6.07) is 44.9. The number of ether oxygens (including phenoxy) is 9. The number of carboxylic acids is 1. The van der Waals surface area contributed by atoms with Crippen molar-refractivity contribution in [3.05, 3.63) is 179 Å². The van der Waals surface area contributed by atoms with Crippen LogP contribution >= 0.6 is 0 Å². The van der Waals surface area contributed by atoms with Gasteiger partial charge in [-0.3, -0.25) is 28.8 Å². The lowest BCUT2D eigenvalue weighted by Gasteiger charge is -2.23. The molecule has 0 saturated carbocycles. The molecule has 8 amide bonds. The van der Waals surface area contributed by atoms with E-state index in [0.717, 1.165) is 34.2 Å². The number of cyclic esters (lactones) is 3. The van der Waals surface area contributed by atoms with Crippen molar-refractivity contribution in [2.45, 2.75) is 76.3 Å². The Labute approximate surface area is 561 Å². The zero-order chi connectivity index (χ0) is 69.1. The highest BCUT2D eigenvalue weighted by Crippen LogP contribution is 2.34. The molecule has 0 spiro atoms. The van der Waals surface area contributed by atoms with Crippen LogP contribution in [0.1, 0.15) is 52.6 Å². The third-order valence-corrected chi connectivity index (χ3v) is 17.3. The summed E-state index contributed by atoms with van der Waals surface area (Å²) >= 11 is 0. The molecule has 6 atom stereocenters. The van der Waals surface area contributed by atoms with Crippen molar-refractivity contribution in [1.82, 2.24) is 29.8 Å². The van der Waals surface area contributed by atoms with Gasteiger partial charge in [0, 0.05) is 93.4 Å². The van der Waals surface area contributed by atoms with Gasteiger partial charge in [0.2, 0.25) is 29.5 Å². The zero-order valence-corrected chi connectivity index (χ0v) is 55.0. The van der Waals surface area contributed by atoms with Gasteiger partial charge in [-0.25, -0.2) is 24.2 Å². The highest BCUT2D eigenvalue weighted by atomic mass is 16.6. The first-order valence-electron chi connectivity index (χ1n) is 31.6. The standard InChI is InChI=1S/2C24H26N2O6.C14H17NO5.C10H11NO2/c2*1-30-20-9-8-17(21(12-20)31-2)13-25-14-18(11-22(25)27)23(28)26-19(15-32-24(26)29)10-16-6-4-3-5-7-16;1-19-11-4-3-9(12(6-11)20-2)7-15-8-10(14(17)18)5-13(15)16;12-10-11-9(7-13-10)6-8-4-2-1-3-5-8/h2*3-9,12,18-19H,10-11,13-15H2,1-2H3;3-4,6,10H,5,7-8H2,1-2H3,(H,17,18);1-5,9H,6-7H2,(H,11,12)/t18-,19+;18-,19-;;9-/m01.1/s1. The molecule has 0 radical (unpaired) electrons. The largest absolute Gasteiger partial charge is 0.497 e. The van der Waals surface area contributed by atoms with E-state index < -0.39 is 35.9 Å². The van der Waals surface area contributed by atoms with Gasteiger partial charge in [0.25, 0.3) is 0 Å². The molecule has 2 N–H and O–H groups in total. The Morgan fingerprint density at radius 3 is 1.08 bits per heavy atom. The van der Waals surface area contributed by atoms with Crippen LogP contribution < -0.4 is 33.7 Å². The summed E-state index contributed by atoms with van der Waals surface area (Å²) in [5.74, 6) is -0.0184. The van der Waals surface area contributed by atoms with E-state index in [4.69, 9.17) is 47.7 Å². The summed E-state index contributed by atoms with van der Waals surface area (Å²) in [7, 11) is 9.37. The molecule has 6 aromatic carbocycles. The van der Waals surface area contributed by atoms with Crippen molar-refractivity contribution in [1.29, 1.82) is 0 Å². The van der Waals surface area contributed by atoms with E-state index in [0.29, 0.717) is 73.6 Å². The van der Waals surface area contributed by atoms with Crippen LogP contribution in [0.5, 0.6) is 34.5 Å². The Morgan fingerprint density at radius 2 is 0.773 bits per heavy atom. The average molecular weight is 1330 g/mol. The minimum atomic E-state index is -0.928. The molecule has 97 heavy (non-hydrogen) atoms. The molecule has 6 aliphatic heterocycles. The second-order valence-corrected chi connectivity index (χ2v) is 23.8. The molecular weight excluding hydrogens is 1250 g/mol. The number of carboxylic acid groups (broad SMARTS) is 1. The molecule has 6 heterocycles. The van der Waals surface area contributed by atoms with Crippen molar-refractivity contribution in [3.8, 4) is 34.5 Å². The number of carbonyl (C=O) groups is 9. The highest BCUT2D eigenvalue weighted by Gasteiger charge is 2.46. The van der Waals surface area contributed by atoms with Crippen molar-refractivity contribution in [3.63, 3.8) is 0 Å². The Balaban J connectivity index is 0.000000159. The van der Waals surface area contributed by atoms with Crippen LogP contribution in [0.2, 0.25) is 0 Å². The number of aliphatic carboxylic acids is 1. The molecule has 25 nitrogen and oxygen atoms in total. The molecule has 512 valence electrons. The fourth-order valence-corrected chi connectivity index (χ4v) is 12.2. The lowest BCUT2D eigenvalue weighted by atomic mass is 10.0. The number of hydrogen-bond donors (Lipinski definition) is 2. The van der Waals surface area contributed by atoms with Crippen LogP contribution in [0.3, 0.4) is 0 Å². The maximum atomic E-state index is 13.2. The van der Waals surface area contributed by atoms with Gasteiger partial charge in [-0.2, -0.15) is 0 Å². The number of imide groups is 2. The highest BCUT2D eigenvalue weighted by molar-refractivity contribution is 5.99. The zero-order valence-electron chi connectivity index (χ0n) is 55.0. The summed E-state index contributed by atoms with van der Waals surface area (Å²) in [5, 5.41) is 11.7. The number of benzene rings is 6. The molecule has 6 aliphatic rings. The first-order valence-corrected chi connectivity index (χ1v) is 31.6. The molecule has 12 rings (SSSR count). The van der Waals surface area contributed by atoms with E-state index in [1.165, 1.54) is 15.4 Å². The fourth-order valence-electron chi connectivity index (χ4n) is 12.2. The van der Waals surface area contributed by atoms with E-state index in [9.17, 15) is 43.2 Å². The SMILES string of the molecule is COc1ccc(CN2CC(C(=O)O)CC2=O)c(OC)c1.COc1ccc(CN2C[C@@H](C(=O)N3C(=O)OC[C@H]3Cc3ccccc3)CC2=O)c(OC)c1.COc1ccc(CN2C[C@H](C(=O)N3C(=O)OC[C@H]3Cc3ccccc3)CC2=O)c(OC)c1.O=C1N[C@H](Cc2ccccc2)CO1. The molecule has 0 aliphatic carbocycles. The number of methoxy groups -OCH3 is 6. The number of hydrogen-bond acceptors (Lipinski definition) is 18. The number of carbonyl (C=O) groups excluding carboxylic acids is 8. The number of nitrogens with one attached hydrogen (secondary N) is 1. The van der Waals surface area contributed by atoms with Crippen LogP contribution in [-0.4, -0.2) is 184 Å². The van der Waals surface area contributed by atoms with Gasteiger partial charge in [-0.05, 0) is 72.4 Å². The smallest absolute Gasteiger partial charge is 0.416 e. The number of amides is 8. The van der Waals surface area contributed by atoms with Gasteiger partial charge in [-0.15, -0.1) is 0 Å². The molecule has 6 aromatic rings. The third-order valence-electron chi connectivity index (χ3n) is 17.3. The van der Waals surface area contributed by atoms with E-state index in [2.05, 4.69) is 5.32 Å². The summed E-state index contributed by atoms with van der Waals surface area (Å²) in [6.07, 6.45) is 0.495. The predicted molar refractivity (Wildman–Crippen MR) is 350 cm³/mol. The summed E-state index contributed by atoms with van der Waals surface area (Å²) in [6.45, 7) is 2.50. The van der Waals surface area contributed by atoms with E-state index in [1.807, 2.05) is 109 Å². The molecule has 6 fully saturated rings. The van der Waals surface area contributed by atoms with Gasteiger partial charge < -0.3 is 67.8 Å². The van der Waals surface area contributed by atoms with Crippen LogP contribution in [-0.2, 0) is 81.9 Å². The normalized spacial score (nSPS) is 20.0. The Bertz CT molecular complexity index is 3600. The van der Waals surface area contributed by atoms with Crippen molar-refractivity contribution in [2.24, 2.45) is 17.8 Å². The van der Waals surface area contributed by atoms with Crippen LogP contribution in [0.4, 0.5) is 14.4 Å². The van der Waals surface area contributed by atoms with Crippen molar-refractivity contribution >= 4 is 53.8 Å². The Hall–Kier alpha value is -10.9. The topological polar surface area (TPSA) is 285 Å². The van der Waals surface area contributed by atoms with Crippen molar-refractivity contribution in [2.75, 3.05) is 82.1 Å². The molecule has 1 unspecified atom stereocenters. The fraction of sp³-hybridized carbons (Fsp3) is 0.375. The summed E-state index contributed by atoms with van der Waals surface area (Å²) in [5.41, 5.74) is 5.72. The van der Waals surface area contributed by atoms with Crippen LogP contribution in [0.25, 0.3) is 0 Å². The minimum Gasteiger partial charge on any atom is -0.497 e. The first kappa shape index (κ1) is 70.5. The van der Waals surface area contributed by atoms with Crippen LogP contribution in [0.15, 0.2) is 146 Å². The first-order chi connectivity index (χ1) is 46.9. The lowest BCUT2D eigenvalue weighted by molar-refractivity contribution is -0.141. The quantitative estimate of drug-likeness (QED) is 0.0651. The number of likely N-dealkylation sites (tertiary alicyclic amines) is 3. The van der Waals surface area contributed by atoms with Gasteiger partial charge in [0.15, 0.2) is 0 Å². The Kier molecular flexibility index (Phi) is 24.3. The molecule has 25 heteroatoms. The summed E-state index contributed by atoms with van der Waals surface area (Å²) < 4.78 is 46.8. The second-order valence-electron chi connectivity index (χ2n) is 23.8. The third kappa shape index (κ3) is 18.3. The van der Waals surface area contributed by atoms with Gasteiger partial charge in [-0.1, -0.05) is 91.0 Å². The van der Waals surface area contributed by atoms with E-state index >= 15 is 0 Å². The number of rotatable bonds is 21. The lowest BCUT2D eigenvalue weighted by Crippen LogP contribution is -2.44. The minimum absolute atomic E-state index is 0.0633. The second kappa shape index (κ2) is 33.5. The number of nitrogens with zero attached hydrogens (tertiary/aromatic N) is 5. The van der Waals surface area contributed by atoms with Gasteiger partial charge in [0.05, 0.1) is 78.5 Å². The predicted octanol–water partition coefficient (Wildman–Crippen LogP) is 7.76. The van der Waals surface area contributed by atoms with Crippen LogP contribution in [0, 0.1) is 17.8 Å². The average Bonchev–Trinajstić information content (AvgIpc) is 1.66. The van der Waals surface area contributed by atoms with Gasteiger partial charge >= 0.3 is 24.2 Å². The number of alkyl carbamates (subject to hydrolysis) is 1. The molecule has 0 aromatic heterocycles. The Morgan fingerprint density at radius 1 is 0.433 bits per heavy atom. The van der Waals surface area contributed by atoms with Gasteiger partial charge in [0.1, 0.15) is 54.3 Å². The maximum absolute atomic E-state index is 13.2. The monoisotopic (exact) mass is 1330 g/mol.